The summed E-state index contributed by atoms with van der Waals surface area (Å²) in [7, 11) is 0. The molecule has 0 bridgehead atoms. The Bertz CT molecular complexity index is 663. The van der Waals surface area contributed by atoms with Gasteiger partial charge in [0.2, 0.25) is 0 Å². The molecule has 30 heavy (non-hydrogen) atoms. The summed E-state index contributed by atoms with van der Waals surface area (Å²) >= 11 is 0. The predicted molar refractivity (Wildman–Crippen MR) is 114 cm³/mol. The van der Waals surface area contributed by atoms with E-state index in [0.717, 1.165) is 64.8 Å². The average molecular weight is 422 g/mol. The number of morpholine rings is 1. The molecule has 9 atom stereocenters. The van der Waals surface area contributed by atoms with Crippen LogP contribution >= 0.6 is 0 Å². The van der Waals surface area contributed by atoms with E-state index < -0.39 is 11.8 Å². The lowest BCUT2D eigenvalue weighted by Gasteiger charge is -2.57. The molecular weight excluding hydrogens is 381 g/mol. The number of Topliss-reactive ketones (excluding diaryl/α,β-unsaturated/α-hetero) is 1. The van der Waals surface area contributed by atoms with Crippen molar-refractivity contribution in [3.8, 4) is 0 Å². The maximum Gasteiger partial charge on any atom is 0.150 e. The van der Waals surface area contributed by atoms with Gasteiger partial charge in [0.1, 0.15) is 12.0 Å². The molecular formula is C25H40FNO3. The monoisotopic (exact) mass is 421 g/mol. The van der Waals surface area contributed by atoms with Gasteiger partial charge in [-0.25, -0.2) is 4.39 Å². The Hall–Kier alpha value is -0.520. The van der Waals surface area contributed by atoms with Crippen molar-refractivity contribution in [3.63, 3.8) is 0 Å². The van der Waals surface area contributed by atoms with Crippen LogP contribution in [-0.2, 0) is 9.53 Å². The maximum atomic E-state index is 15.4. The first-order valence-corrected chi connectivity index (χ1v) is 12.5. The second-order valence-electron chi connectivity index (χ2n) is 11.8. The number of rotatable bonds is 3. The van der Waals surface area contributed by atoms with E-state index >= 15 is 4.39 Å². The number of hydrogen-bond acceptors (Lipinski definition) is 4. The molecule has 4 aliphatic carbocycles. The topological polar surface area (TPSA) is 49.8 Å². The molecule has 0 radical (unpaired) electrons. The summed E-state index contributed by atoms with van der Waals surface area (Å²) < 4.78 is 20.8. The Morgan fingerprint density at radius 2 is 1.73 bits per heavy atom. The van der Waals surface area contributed by atoms with Crippen LogP contribution in [0.4, 0.5) is 4.39 Å². The highest BCUT2D eigenvalue weighted by Crippen LogP contribution is 2.65. The molecule has 1 aliphatic heterocycles. The van der Waals surface area contributed by atoms with Gasteiger partial charge in [0.05, 0.1) is 25.4 Å². The lowest BCUT2D eigenvalue weighted by Crippen LogP contribution is -2.54. The van der Waals surface area contributed by atoms with Crippen LogP contribution in [-0.4, -0.2) is 60.4 Å². The number of carbonyl (C=O) groups excluding carboxylic acids is 1. The van der Waals surface area contributed by atoms with E-state index in [1.54, 1.807) is 0 Å². The second-order valence-corrected chi connectivity index (χ2v) is 11.8. The molecule has 5 fully saturated rings. The zero-order chi connectivity index (χ0) is 21.1. The van der Waals surface area contributed by atoms with E-state index in [1.807, 2.05) is 6.92 Å². The molecule has 0 spiro atoms. The molecule has 0 aromatic rings. The molecule has 0 aromatic carbocycles. The van der Waals surface area contributed by atoms with Crippen LogP contribution in [0.2, 0.25) is 0 Å². The maximum absolute atomic E-state index is 15.4. The summed E-state index contributed by atoms with van der Waals surface area (Å²) in [5.74, 6) is 2.57. The number of halogens is 1. The number of ether oxygens (including phenoxy) is 1. The Balaban J connectivity index is 1.30. The quantitative estimate of drug-likeness (QED) is 0.752. The van der Waals surface area contributed by atoms with Gasteiger partial charge in [0.15, 0.2) is 0 Å². The summed E-state index contributed by atoms with van der Waals surface area (Å²) in [5, 5.41) is 10.5. The third kappa shape index (κ3) is 3.57. The minimum Gasteiger partial charge on any atom is -0.390 e. The summed E-state index contributed by atoms with van der Waals surface area (Å²) in [4.78, 5) is 15.6. The summed E-state index contributed by atoms with van der Waals surface area (Å²) in [6.07, 6.45) is 6.65. The van der Waals surface area contributed by atoms with Gasteiger partial charge < -0.3 is 9.84 Å². The van der Waals surface area contributed by atoms with E-state index in [1.165, 1.54) is 0 Å². The molecule has 5 heteroatoms. The van der Waals surface area contributed by atoms with Crippen molar-refractivity contribution in [2.24, 2.45) is 40.9 Å². The van der Waals surface area contributed by atoms with Crippen molar-refractivity contribution in [2.75, 3.05) is 32.8 Å². The van der Waals surface area contributed by atoms with E-state index in [2.05, 4.69) is 11.8 Å². The third-order valence-electron chi connectivity index (χ3n) is 10.1. The van der Waals surface area contributed by atoms with Crippen molar-refractivity contribution in [1.29, 1.82) is 0 Å². The van der Waals surface area contributed by atoms with E-state index in [0.29, 0.717) is 48.8 Å². The molecule has 4 nitrogen and oxygen atoms in total. The minimum absolute atomic E-state index is 0.0412. The Morgan fingerprint density at radius 1 is 1.03 bits per heavy atom. The second kappa shape index (κ2) is 7.81. The molecule has 5 rings (SSSR count). The van der Waals surface area contributed by atoms with Gasteiger partial charge in [-0.3, -0.25) is 9.69 Å². The predicted octanol–water partition coefficient (Wildman–Crippen LogP) is 3.86. The first-order valence-electron chi connectivity index (χ1n) is 12.5. The van der Waals surface area contributed by atoms with Gasteiger partial charge >= 0.3 is 0 Å². The third-order valence-corrected chi connectivity index (χ3v) is 10.1. The van der Waals surface area contributed by atoms with E-state index in [-0.39, 0.29) is 17.3 Å². The number of ketones is 1. The SMILES string of the molecule is C[C@@]1(O)CC[C@@H]2[C@H]3CC[C@]4(C)[C@@H](C(=O)CN5CCOCC5)CC[C@H]4[C@@H]3C[C@@H](F)[C@H]2C1. The van der Waals surface area contributed by atoms with Crippen LogP contribution in [0.25, 0.3) is 0 Å². The summed E-state index contributed by atoms with van der Waals surface area (Å²) in [6.45, 7) is 7.99. The van der Waals surface area contributed by atoms with E-state index in [4.69, 9.17) is 4.74 Å². The van der Waals surface area contributed by atoms with Crippen LogP contribution in [0.1, 0.15) is 65.2 Å². The number of hydrogen-bond donors (Lipinski definition) is 1. The highest BCUT2D eigenvalue weighted by Gasteiger charge is 2.60. The van der Waals surface area contributed by atoms with Crippen LogP contribution in [0, 0.1) is 40.9 Å². The fraction of sp³-hybridized carbons (Fsp3) is 0.960. The zero-order valence-electron chi connectivity index (χ0n) is 18.8. The largest absolute Gasteiger partial charge is 0.390 e. The van der Waals surface area contributed by atoms with Gasteiger partial charge in [0, 0.05) is 19.0 Å². The van der Waals surface area contributed by atoms with Crippen molar-refractivity contribution in [1.82, 2.24) is 4.90 Å². The van der Waals surface area contributed by atoms with Gasteiger partial charge in [-0.1, -0.05) is 6.92 Å². The van der Waals surface area contributed by atoms with Crippen LogP contribution < -0.4 is 0 Å². The summed E-state index contributed by atoms with van der Waals surface area (Å²) in [6, 6.07) is 0. The Morgan fingerprint density at radius 3 is 2.50 bits per heavy atom. The number of fused-ring (bicyclic) bond motifs is 5. The first kappa shape index (κ1) is 21.3. The van der Waals surface area contributed by atoms with Gasteiger partial charge in [0.25, 0.3) is 0 Å². The molecule has 0 aromatic heterocycles. The number of nitrogens with zero attached hydrogens (tertiary/aromatic N) is 1. The summed E-state index contributed by atoms with van der Waals surface area (Å²) in [5.41, 5.74) is -0.636. The lowest BCUT2D eigenvalue weighted by atomic mass is 9.48. The Labute approximate surface area is 180 Å². The van der Waals surface area contributed by atoms with Gasteiger partial charge in [-0.15, -0.1) is 0 Å². The lowest BCUT2D eigenvalue weighted by molar-refractivity contribution is -0.140. The molecule has 170 valence electrons. The molecule has 4 saturated carbocycles. The average Bonchev–Trinajstić information content (AvgIpc) is 3.06. The van der Waals surface area contributed by atoms with Crippen LogP contribution in [0.5, 0.6) is 0 Å². The van der Waals surface area contributed by atoms with Crippen molar-refractivity contribution in [3.05, 3.63) is 0 Å². The van der Waals surface area contributed by atoms with Gasteiger partial charge in [-0.05, 0) is 93.3 Å². The fourth-order valence-corrected chi connectivity index (χ4v) is 8.62. The molecule has 1 heterocycles. The minimum atomic E-state index is -0.784. The molecule has 1 saturated heterocycles. The molecule has 0 amide bonds. The highest BCUT2D eigenvalue weighted by molar-refractivity contribution is 5.84. The standard InChI is InChI=1S/C25H40FNO3/c1-24(29)7-5-17-16-6-8-25(2)20(18(16)13-22(26)19(17)14-24)3-4-21(25)23(28)15-27-9-11-30-12-10-27/h16-22,29H,3-15H2,1-2H3/t16-,17-,18-,19+,20+,21-,22-,24-,25+/m1/s1. The highest BCUT2D eigenvalue weighted by atomic mass is 19.1. The van der Waals surface area contributed by atoms with Crippen molar-refractivity contribution >= 4 is 5.78 Å². The van der Waals surface area contributed by atoms with Crippen molar-refractivity contribution < 1.29 is 19.0 Å². The smallest absolute Gasteiger partial charge is 0.150 e. The fourth-order valence-electron chi connectivity index (χ4n) is 8.62. The first-order chi connectivity index (χ1) is 14.3. The molecule has 5 aliphatic rings. The number of aliphatic hydroxyl groups is 1. The number of alkyl halides is 1. The van der Waals surface area contributed by atoms with E-state index in [9.17, 15) is 9.90 Å². The van der Waals surface area contributed by atoms with Crippen LogP contribution in [0.3, 0.4) is 0 Å². The zero-order valence-corrected chi connectivity index (χ0v) is 18.8. The number of carbonyl (C=O) groups is 1. The van der Waals surface area contributed by atoms with Gasteiger partial charge in [-0.2, -0.15) is 0 Å². The van der Waals surface area contributed by atoms with Crippen LogP contribution in [0.15, 0.2) is 0 Å². The van der Waals surface area contributed by atoms with Crippen molar-refractivity contribution in [2.45, 2.75) is 77.0 Å². The molecule has 0 unspecified atom stereocenters. The molecule has 1 N–H and O–H groups in total. The normalized spacial score (nSPS) is 51.7. The Kier molecular flexibility index (Phi) is 5.55.